The van der Waals surface area contributed by atoms with Gasteiger partial charge in [-0.05, 0) is 34.5 Å². The highest BCUT2D eigenvalue weighted by atomic mass is 79.9. The topological polar surface area (TPSA) is 81.6 Å². The van der Waals surface area contributed by atoms with E-state index >= 15 is 0 Å². The van der Waals surface area contributed by atoms with E-state index in [1.54, 1.807) is 18.2 Å². The predicted molar refractivity (Wildman–Crippen MR) is 66.9 cm³/mol. The summed E-state index contributed by atoms with van der Waals surface area (Å²) >= 11 is 3.17. The van der Waals surface area contributed by atoms with Crippen molar-refractivity contribution in [2.75, 3.05) is 11.9 Å². The lowest BCUT2D eigenvalue weighted by Gasteiger charge is -2.12. The van der Waals surface area contributed by atoms with Crippen molar-refractivity contribution < 1.29 is 15.0 Å². The van der Waals surface area contributed by atoms with Gasteiger partial charge in [0.25, 0.3) is 0 Å². The third-order valence-electron chi connectivity index (χ3n) is 2.67. The van der Waals surface area contributed by atoms with Gasteiger partial charge in [-0.2, -0.15) is 0 Å². The Morgan fingerprint density at radius 2 is 2.29 bits per heavy atom. The van der Waals surface area contributed by atoms with E-state index in [4.69, 9.17) is 0 Å². The number of para-hydroxylation sites is 1. The summed E-state index contributed by atoms with van der Waals surface area (Å²) in [5, 5.41) is 24.5. The van der Waals surface area contributed by atoms with Crippen LogP contribution in [0, 0.1) is 0 Å². The summed E-state index contributed by atoms with van der Waals surface area (Å²) in [6.07, 6.45) is -0.0949. The van der Waals surface area contributed by atoms with Gasteiger partial charge in [-0.3, -0.25) is 4.79 Å². The summed E-state index contributed by atoms with van der Waals surface area (Å²) in [5.41, 5.74) is 0.354. The molecule has 1 aromatic carbocycles. The SMILES string of the molecule is O=C(Nc1cccc(Br)c1O)C1CC(O)CN1. The van der Waals surface area contributed by atoms with Crippen molar-refractivity contribution in [2.24, 2.45) is 0 Å². The van der Waals surface area contributed by atoms with Crippen LogP contribution in [0.3, 0.4) is 0 Å². The quantitative estimate of drug-likeness (QED) is 0.610. The molecule has 1 aliphatic heterocycles. The van der Waals surface area contributed by atoms with Gasteiger partial charge in [0, 0.05) is 6.54 Å². The van der Waals surface area contributed by atoms with E-state index < -0.39 is 12.1 Å². The van der Waals surface area contributed by atoms with E-state index in [1.165, 1.54) is 0 Å². The van der Waals surface area contributed by atoms with Crippen molar-refractivity contribution in [3.05, 3.63) is 22.7 Å². The maximum atomic E-state index is 11.8. The van der Waals surface area contributed by atoms with Gasteiger partial charge in [-0.25, -0.2) is 0 Å². The number of benzene rings is 1. The molecule has 0 aliphatic carbocycles. The fourth-order valence-corrected chi connectivity index (χ4v) is 2.12. The van der Waals surface area contributed by atoms with Gasteiger partial charge in [0.2, 0.25) is 5.91 Å². The molecule has 17 heavy (non-hydrogen) atoms. The van der Waals surface area contributed by atoms with Crippen LogP contribution in [0.25, 0.3) is 0 Å². The number of β-amino-alcohol motifs (C(OH)–C–C–N with tert-alkyl or cyclic N) is 1. The van der Waals surface area contributed by atoms with Gasteiger partial charge in [0.1, 0.15) is 0 Å². The zero-order valence-corrected chi connectivity index (χ0v) is 10.6. The maximum Gasteiger partial charge on any atom is 0.241 e. The first kappa shape index (κ1) is 12.3. The molecule has 0 radical (unpaired) electrons. The Morgan fingerprint density at radius 3 is 2.94 bits per heavy atom. The molecule has 1 amide bonds. The van der Waals surface area contributed by atoms with Crippen LogP contribution < -0.4 is 10.6 Å². The molecule has 2 rings (SSSR count). The van der Waals surface area contributed by atoms with E-state index in [0.29, 0.717) is 23.1 Å². The van der Waals surface area contributed by atoms with Gasteiger partial charge in [-0.15, -0.1) is 0 Å². The summed E-state index contributed by atoms with van der Waals surface area (Å²) in [7, 11) is 0. The Labute approximate surface area is 107 Å². The molecule has 1 fully saturated rings. The van der Waals surface area contributed by atoms with Crippen LogP contribution in [-0.4, -0.2) is 34.8 Å². The second kappa shape index (κ2) is 5.03. The summed E-state index contributed by atoms with van der Waals surface area (Å²) in [4.78, 5) is 11.8. The minimum absolute atomic E-state index is 0.000560. The highest BCUT2D eigenvalue weighted by Crippen LogP contribution is 2.31. The molecule has 6 heteroatoms. The number of aliphatic hydroxyl groups is 1. The second-order valence-corrected chi connectivity index (χ2v) is 4.83. The molecule has 1 aromatic rings. The molecule has 4 N–H and O–H groups in total. The fraction of sp³-hybridized carbons (Fsp3) is 0.364. The molecular formula is C11H13BrN2O3. The number of aliphatic hydroxyl groups excluding tert-OH is 1. The molecule has 92 valence electrons. The number of hydrogen-bond donors (Lipinski definition) is 4. The number of aromatic hydroxyl groups is 1. The Bertz CT molecular complexity index is 439. The Hall–Kier alpha value is -1.11. The van der Waals surface area contributed by atoms with E-state index in [9.17, 15) is 15.0 Å². The summed E-state index contributed by atoms with van der Waals surface area (Å²) in [5.74, 6) is -0.255. The lowest BCUT2D eigenvalue weighted by atomic mass is 10.2. The first-order valence-corrected chi connectivity index (χ1v) is 6.07. The molecule has 1 aliphatic rings. The van der Waals surface area contributed by atoms with Crippen molar-refractivity contribution in [3.63, 3.8) is 0 Å². The van der Waals surface area contributed by atoms with E-state index in [2.05, 4.69) is 26.6 Å². The van der Waals surface area contributed by atoms with Crippen molar-refractivity contribution in [2.45, 2.75) is 18.6 Å². The summed E-state index contributed by atoms with van der Waals surface area (Å²) < 4.78 is 0.523. The van der Waals surface area contributed by atoms with E-state index in [-0.39, 0.29) is 11.7 Å². The smallest absolute Gasteiger partial charge is 0.241 e. The second-order valence-electron chi connectivity index (χ2n) is 3.98. The fourth-order valence-electron chi connectivity index (χ4n) is 1.75. The molecule has 0 bridgehead atoms. The monoisotopic (exact) mass is 300 g/mol. The van der Waals surface area contributed by atoms with Crippen molar-refractivity contribution in [1.82, 2.24) is 5.32 Å². The number of phenolic OH excluding ortho intramolecular Hbond substituents is 1. The van der Waals surface area contributed by atoms with Crippen molar-refractivity contribution >= 4 is 27.5 Å². The standard InChI is InChI=1S/C11H13BrN2O3/c12-7-2-1-3-8(10(7)16)14-11(17)9-4-6(15)5-13-9/h1-3,6,9,13,15-16H,4-5H2,(H,14,17). The van der Waals surface area contributed by atoms with Crippen molar-refractivity contribution in [1.29, 1.82) is 0 Å². The number of carbonyl (C=O) groups is 1. The minimum atomic E-state index is -0.484. The molecule has 1 heterocycles. The van der Waals surface area contributed by atoms with Crippen LogP contribution in [-0.2, 0) is 4.79 Å². The normalized spacial score (nSPS) is 23.6. The van der Waals surface area contributed by atoms with Gasteiger partial charge >= 0.3 is 0 Å². The van der Waals surface area contributed by atoms with Crippen LogP contribution in [0.5, 0.6) is 5.75 Å². The molecule has 0 spiro atoms. The highest BCUT2D eigenvalue weighted by Gasteiger charge is 2.28. The zero-order chi connectivity index (χ0) is 12.4. The average molecular weight is 301 g/mol. The van der Waals surface area contributed by atoms with Gasteiger partial charge in [-0.1, -0.05) is 6.07 Å². The van der Waals surface area contributed by atoms with Gasteiger partial charge in [0.15, 0.2) is 5.75 Å². The van der Waals surface area contributed by atoms with E-state index in [1.807, 2.05) is 0 Å². The third-order valence-corrected chi connectivity index (χ3v) is 3.31. The molecule has 1 saturated heterocycles. The van der Waals surface area contributed by atoms with Crippen LogP contribution in [0.1, 0.15) is 6.42 Å². The number of phenols is 1. The Balaban J connectivity index is 2.06. The number of anilines is 1. The lowest BCUT2D eigenvalue weighted by molar-refractivity contribution is -0.117. The molecule has 2 atom stereocenters. The summed E-state index contributed by atoms with van der Waals surface area (Å²) in [6, 6.07) is 4.60. The number of amides is 1. The van der Waals surface area contributed by atoms with Crippen molar-refractivity contribution in [3.8, 4) is 5.75 Å². The third kappa shape index (κ3) is 2.77. The van der Waals surface area contributed by atoms with Crippen LogP contribution in [0.4, 0.5) is 5.69 Å². The molecule has 0 aromatic heterocycles. The van der Waals surface area contributed by atoms with Crippen LogP contribution in [0.15, 0.2) is 22.7 Å². The Morgan fingerprint density at radius 1 is 1.53 bits per heavy atom. The first-order chi connectivity index (χ1) is 8.08. The average Bonchev–Trinajstić information content (AvgIpc) is 2.72. The maximum absolute atomic E-state index is 11.8. The minimum Gasteiger partial charge on any atom is -0.505 e. The predicted octanol–water partition coefficient (Wildman–Crippen LogP) is 0.816. The first-order valence-electron chi connectivity index (χ1n) is 5.27. The zero-order valence-electron chi connectivity index (χ0n) is 8.98. The molecule has 5 nitrogen and oxygen atoms in total. The lowest BCUT2D eigenvalue weighted by Crippen LogP contribution is -2.35. The van der Waals surface area contributed by atoms with E-state index in [0.717, 1.165) is 0 Å². The van der Waals surface area contributed by atoms with Crippen LogP contribution in [0.2, 0.25) is 0 Å². The summed E-state index contributed by atoms with van der Waals surface area (Å²) in [6.45, 7) is 0.419. The molecular weight excluding hydrogens is 288 g/mol. The largest absolute Gasteiger partial charge is 0.505 e. The van der Waals surface area contributed by atoms with Crippen LogP contribution >= 0.6 is 15.9 Å². The van der Waals surface area contributed by atoms with Gasteiger partial charge in [0.05, 0.1) is 22.3 Å². The Kier molecular flexibility index (Phi) is 3.66. The number of halogens is 1. The number of nitrogens with one attached hydrogen (secondary N) is 2. The molecule has 2 unspecified atom stereocenters. The van der Waals surface area contributed by atoms with Gasteiger partial charge < -0.3 is 20.8 Å². The molecule has 0 saturated carbocycles. The number of carbonyl (C=O) groups excluding carboxylic acids is 1. The highest BCUT2D eigenvalue weighted by molar-refractivity contribution is 9.10. The number of rotatable bonds is 2. The number of hydrogen-bond acceptors (Lipinski definition) is 4.